The summed E-state index contributed by atoms with van der Waals surface area (Å²) in [6.07, 6.45) is 1.88. The minimum Gasteiger partial charge on any atom is -0.466 e. The number of hydrogen-bond donors (Lipinski definition) is 0. The molecule has 0 bridgehead atoms. The standard InChI is InChI=1S/C17H18NO5/c1-11(16-8-12(2)23-13(16)3)7-14-5-6-15(18(19)20)9-17(14)22-10-21-4/h5-8H,10H2,1-4H3/b11-7+. The number of methoxy groups -OCH3 is 1. The molecule has 0 aliphatic rings. The number of nitro groups is 1. The number of aryl methyl sites for hydroxylation is 2. The zero-order valence-electron chi connectivity index (χ0n) is 13.5. The van der Waals surface area contributed by atoms with Gasteiger partial charge in [0.1, 0.15) is 23.3 Å². The Kier molecular flexibility index (Phi) is 5.18. The second-order valence-corrected chi connectivity index (χ2v) is 5.09. The first-order valence-corrected chi connectivity index (χ1v) is 7.00. The number of hydrogen-bond acceptors (Lipinski definition) is 5. The monoisotopic (exact) mass is 316 g/mol. The molecule has 0 aliphatic carbocycles. The van der Waals surface area contributed by atoms with Gasteiger partial charge in [0.25, 0.3) is 5.69 Å². The van der Waals surface area contributed by atoms with Gasteiger partial charge in [0.05, 0.1) is 4.92 Å². The highest BCUT2D eigenvalue weighted by Crippen LogP contribution is 2.30. The molecule has 2 rings (SSSR count). The van der Waals surface area contributed by atoms with E-state index in [2.05, 4.69) is 6.07 Å². The largest absolute Gasteiger partial charge is 0.466 e. The number of ether oxygens (including phenoxy) is 2. The van der Waals surface area contributed by atoms with Crippen molar-refractivity contribution in [2.45, 2.75) is 20.8 Å². The summed E-state index contributed by atoms with van der Waals surface area (Å²) in [5, 5.41) is 10.9. The first-order chi connectivity index (χ1) is 10.9. The van der Waals surface area contributed by atoms with Crippen LogP contribution in [0.3, 0.4) is 0 Å². The molecular formula is C17H18NO5. The van der Waals surface area contributed by atoms with E-state index in [-0.39, 0.29) is 18.2 Å². The summed E-state index contributed by atoms with van der Waals surface area (Å²) in [4.78, 5) is 10.4. The summed E-state index contributed by atoms with van der Waals surface area (Å²) in [7, 11) is 1.48. The number of nitro benzene ring substituents is 1. The maximum absolute atomic E-state index is 10.9. The van der Waals surface area contributed by atoms with Crippen LogP contribution in [0.25, 0.3) is 11.6 Å². The molecule has 1 heterocycles. The predicted molar refractivity (Wildman–Crippen MR) is 86.2 cm³/mol. The predicted octanol–water partition coefficient (Wildman–Crippen LogP) is 4.15. The Morgan fingerprint density at radius 2 is 2.17 bits per heavy atom. The van der Waals surface area contributed by atoms with Crippen LogP contribution in [0.5, 0.6) is 5.75 Å². The van der Waals surface area contributed by atoms with Crippen LogP contribution in [0.1, 0.15) is 29.6 Å². The zero-order chi connectivity index (χ0) is 17.0. The number of allylic oxidation sites excluding steroid dienone is 1. The van der Waals surface area contributed by atoms with Crippen LogP contribution in [0, 0.1) is 30.0 Å². The third-order valence-corrected chi connectivity index (χ3v) is 3.28. The van der Waals surface area contributed by atoms with E-state index in [1.807, 2.05) is 32.9 Å². The topological polar surface area (TPSA) is 74.7 Å². The average molecular weight is 316 g/mol. The highest BCUT2D eigenvalue weighted by atomic mass is 16.7. The van der Waals surface area contributed by atoms with Crippen molar-refractivity contribution in [1.82, 2.24) is 0 Å². The second kappa shape index (κ2) is 7.11. The summed E-state index contributed by atoms with van der Waals surface area (Å²) in [5.74, 6) is 1.93. The van der Waals surface area contributed by atoms with Crippen molar-refractivity contribution >= 4 is 17.3 Å². The third kappa shape index (κ3) is 3.98. The lowest BCUT2D eigenvalue weighted by atomic mass is 10.0. The molecule has 6 nitrogen and oxygen atoms in total. The smallest absolute Gasteiger partial charge is 0.281 e. The van der Waals surface area contributed by atoms with Gasteiger partial charge in [-0.25, -0.2) is 0 Å². The average Bonchev–Trinajstić information content (AvgIpc) is 2.84. The van der Waals surface area contributed by atoms with Gasteiger partial charge in [-0.3, -0.25) is 10.1 Å². The number of nitrogens with zero attached hydrogens (tertiary/aromatic N) is 1. The van der Waals surface area contributed by atoms with Gasteiger partial charge in [0.15, 0.2) is 6.79 Å². The second-order valence-electron chi connectivity index (χ2n) is 5.09. The van der Waals surface area contributed by atoms with Gasteiger partial charge in [-0.2, -0.15) is 0 Å². The van der Waals surface area contributed by atoms with Crippen LogP contribution in [0.15, 0.2) is 22.6 Å². The molecular weight excluding hydrogens is 298 g/mol. The van der Waals surface area contributed by atoms with E-state index in [1.165, 1.54) is 13.2 Å². The van der Waals surface area contributed by atoms with Crippen LogP contribution in [-0.4, -0.2) is 18.8 Å². The van der Waals surface area contributed by atoms with Crippen molar-refractivity contribution in [2.24, 2.45) is 0 Å². The fourth-order valence-electron chi connectivity index (χ4n) is 2.27. The van der Waals surface area contributed by atoms with Gasteiger partial charge < -0.3 is 13.9 Å². The number of furan rings is 1. The van der Waals surface area contributed by atoms with Gasteiger partial charge in [0.2, 0.25) is 0 Å². The van der Waals surface area contributed by atoms with E-state index in [0.717, 1.165) is 22.7 Å². The highest BCUT2D eigenvalue weighted by molar-refractivity contribution is 5.83. The molecule has 0 saturated carbocycles. The molecule has 6 heteroatoms. The summed E-state index contributed by atoms with van der Waals surface area (Å²) >= 11 is 0. The summed E-state index contributed by atoms with van der Waals surface area (Å²) in [6.45, 7) is 5.71. The lowest BCUT2D eigenvalue weighted by Gasteiger charge is -2.08. The van der Waals surface area contributed by atoms with Crippen molar-refractivity contribution in [3.8, 4) is 5.75 Å². The molecule has 0 unspecified atom stereocenters. The van der Waals surface area contributed by atoms with E-state index in [0.29, 0.717) is 5.56 Å². The lowest BCUT2D eigenvalue weighted by Crippen LogP contribution is -2.01. The number of benzene rings is 1. The summed E-state index contributed by atoms with van der Waals surface area (Å²) in [5.41, 5.74) is 2.48. The SMILES string of the molecule is COCOc1[c]c([N+](=O)[O-])ccc1/C=C(\C)c1cc(C)oc1C. The van der Waals surface area contributed by atoms with Crippen molar-refractivity contribution in [3.05, 3.63) is 57.0 Å². The minimum absolute atomic E-state index is 0.0125. The lowest BCUT2D eigenvalue weighted by molar-refractivity contribution is -0.385. The van der Waals surface area contributed by atoms with Crippen molar-refractivity contribution < 1.29 is 18.8 Å². The molecule has 2 aromatic rings. The first-order valence-electron chi connectivity index (χ1n) is 7.00. The summed E-state index contributed by atoms with van der Waals surface area (Å²) in [6, 6.07) is 7.63. The van der Waals surface area contributed by atoms with E-state index < -0.39 is 4.92 Å². The Morgan fingerprint density at radius 3 is 2.74 bits per heavy atom. The van der Waals surface area contributed by atoms with Gasteiger partial charge in [-0.05, 0) is 44.6 Å². The van der Waals surface area contributed by atoms with Gasteiger partial charge in [-0.1, -0.05) is 0 Å². The van der Waals surface area contributed by atoms with E-state index in [1.54, 1.807) is 6.07 Å². The molecule has 23 heavy (non-hydrogen) atoms. The molecule has 0 amide bonds. The highest BCUT2D eigenvalue weighted by Gasteiger charge is 2.13. The summed E-state index contributed by atoms with van der Waals surface area (Å²) < 4.78 is 15.8. The van der Waals surface area contributed by atoms with Crippen LogP contribution < -0.4 is 4.74 Å². The van der Waals surface area contributed by atoms with Gasteiger partial charge in [-0.15, -0.1) is 0 Å². The molecule has 121 valence electrons. The van der Waals surface area contributed by atoms with Crippen LogP contribution >= 0.6 is 0 Å². The Hall–Kier alpha value is -2.60. The quantitative estimate of drug-likeness (QED) is 0.454. The molecule has 1 radical (unpaired) electrons. The van der Waals surface area contributed by atoms with E-state index in [4.69, 9.17) is 13.9 Å². The Balaban J connectivity index is 2.42. The van der Waals surface area contributed by atoms with Gasteiger partial charge in [0, 0.05) is 24.3 Å². The zero-order valence-corrected chi connectivity index (χ0v) is 13.5. The van der Waals surface area contributed by atoms with Gasteiger partial charge >= 0.3 is 0 Å². The van der Waals surface area contributed by atoms with Crippen molar-refractivity contribution in [2.75, 3.05) is 13.9 Å². The minimum atomic E-state index is -0.510. The molecule has 0 atom stereocenters. The van der Waals surface area contributed by atoms with Crippen LogP contribution in [-0.2, 0) is 4.74 Å². The Labute approximate surface area is 134 Å². The van der Waals surface area contributed by atoms with Crippen molar-refractivity contribution in [1.29, 1.82) is 0 Å². The maximum atomic E-state index is 10.9. The fraction of sp³-hybridized carbons (Fsp3) is 0.294. The normalized spacial score (nSPS) is 11.6. The Morgan fingerprint density at radius 1 is 1.43 bits per heavy atom. The van der Waals surface area contributed by atoms with E-state index in [9.17, 15) is 10.1 Å². The number of rotatable bonds is 6. The molecule has 0 aliphatic heterocycles. The van der Waals surface area contributed by atoms with Crippen LogP contribution in [0.4, 0.5) is 5.69 Å². The maximum Gasteiger partial charge on any atom is 0.281 e. The molecule has 1 aromatic heterocycles. The number of non-ortho nitro benzene ring substituents is 1. The fourth-order valence-corrected chi connectivity index (χ4v) is 2.27. The first kappa shape index (κ1) is 16.8. The molecule has 0 spiro atoms. The van der Waals surface area contributed by atoms with Crippen molar-refractivity contribution in [3.63, 3.8) is 0 Å². The third-order valence-electron chi connectivity index (χ3n) is 3.28. The molecule has 0 N–H and O–H groups in total. The molecule has 0 saturated heterocycles. The Bertz CT molecular complexity index is 745. The van der Waals surface area contributed by atoms with E-state index >= 15 is 0 Å². The van der Waals surface area contributed by atoms with Crippen LogP contribution in [0.2, 0.25) is 0 Å². The molecule has 0 fully saturated rings. The molecule has 1 aromatic carbocycles.